The maximum Gasteiger partial charge on any atom is 0.181 e. The third-order valence-electron chi connectivity index (χ3n) is 5.85. The molecule has 156 valence electrons. The van der Waals surface area contributed by atoms with Crippen molar-refractivity contribution >= 4 is 29.2 Å². The fraction of sp³-hybridized carbons (Fsp3) is 0.333. The Morgan fingerprint density at radius 3 is 2.70 bits per heavy atom. The molecular weight excluding hydrogens is 402 g/mol. The van der Waals surface area contributed by atoms with Crippen LogP contribution < -0.4 is 4.74 Å². The number of aliphatic hydroxyl groups excluding tert-OH is 1. The average Bonchev–Trinajstić information content (AvgIpc) is 2.75. The zero-order valence-electron chi connectivity index (χ0n) is 16.6. The number of carbonyl (C=O) groups excluding carboxylic acids is 2. The molecule has 2 aromatic carbocycles. The highest BCUT2D eigenvalue weighted by Gasteiger charge is 2.42. The molecule has 2 aliphatic rings. The number of likely N-dealkylation sites (tertiary alicyclic amines) is 1. The first-order valence-electron chi connectivity index (χ1n) is 10.1. The Balaban J connectivity index is 1.43. The fourth-order valence-electron chi connectivity index (χ4n) is 4.12. The molecule has 2 heterocycles. The standard InChI is InChI=1S/C24H24ClNO4/c25-21-4-2-1-3-18(21)15-26-11-9-24(10-12-26)14-22(29)20-13-17(5-7-19(28)16-27)6-8-23(20)30-24/h1-8,13,27H,9-12,14-16H2/b7-5+. The third-order valence-corrected chi connectivity index (χ3v) is 6.22. The van der Waals surface area contributed by atoms with Gasteiger partial charge in [0.2, 0.25) is 0 Å². The van der Waals surface area contributed by atoms with Crippen molar-refractivity contribution in [1.82, 2.24) is 4.90 Å². The van der Waals surface area contributed by atoms with E-state index < -0.39 is 12.2 Å². The van der Waals surface area contributed by atoms with E-state index in [1.54, 1.807) is 18.2 Å². The van der Waals surface area contributed by atoms with Gasteiger partial charge >= 0.3 is 0 Å². The summed E-state index contributed by atoms with van der Waals surface area (Å²) in [5.41, 5.74) is 1.95. The van der Waals surface area contributed by atoms with Crippen molar-refractivity contribution in [2.75, 3.05) is 19.7 Å². The summed E-state index contributed by atoms with van der Waals surface area (Å²) in [5.74, 6) is 0.300. The summed E-state index contributed by atoms with van der Waals surface area (Å²) in [6, 6.07) is 13.2. The van der Waals surface area contributed by atoms with Gasteiger partial charge in [-0.2, -0.15) is 0 Å². The highest BCUT2D eigenvalue weighted by atomic mass is 35.5. The SMILES string of the molecule is O=C(/C=C/c1ccc2c(c1)C(=O)CC1(CCN(Cc3ccccc3Cl)CC1)O2)CO. The van der Waals surface area contributed by atoms with E-state index in [0.717, 1.165) is 48.6 Å². The summed E-state index contributed by atoms with van der Waals surface area (Å²) in [4.78, 5) is 26.5. The molecule has 1 fully saturated rings. The number of nitrogens with zero attached hydrogens (tertiary/aromatic N) is 1. The van der Waals surface area contributed by atoms with E-state index in [1.165, 1.54) is 6.08 Å². The van der Waals surface area contributed by atoms with Crippen molar-refractivity contribution < 1.29 is 19.4 Å². The molecule has 0 atom stereocenters. The Morgan fingerprint density at radius 2 is 1.97 bits per heavy atom. The Hall–Kier alpha value is -2.47. The number of ether oxygens (including phenoxy) is 1. The number of carbonyl (C=O) groups is 2. The van der Waals surface area contributed by atoms with Crippen LogP contribution >= 0.6 is 11.6 Å². The molecule has 0 aliphatic carbocycles. The van der Waals surface area contributed by atoms with E-state index >= 15 is 0 Å². The molecule has 2 aromatic rings. The van der Waals surface area contributed by atoms with E-state index in [9.17, 15) is 9.59 Å². The zero-order chi connectivity index (χ0) is 21.1. The molecule has 1 spiro atoms. The average molecular weight is 426 g/mol. The zero-order valence-corrected chi connectivity index (χ0v) is 17.4. The van der Waals surface area contributed by atoms with E-state index in [1.807, 2.05) is 30.3 Å². The first-order valence-corrected chi connectivity index (χ1v) is 10.5. The molecule has 0 amide bonds. The van der Waals surface area contributed by atoms with Crippen molar-refractivity contribution in [2.24, 2.45) is 0 Å². The van der Waals surface area contributed by atoms with E-state index in [2.05, 4.69) is 4.90 Å². The molecule has 0 bridgehead atoms. The van der Waals surface area contributed by atoms with Crippen molar-refractivity contribution in [3.05, 3.63) is 70.3 Å². The highest BCUT2D eigenvalue weighted by Crippen LogP contribution is 2.40. The lowest BCUT2D eigenvalue weighted by atomic mass is 9.82. The van der Waals surface area contributed by atoms with Gasteiger partial charge in [0.1, 0.15) is 18.0 Å². The van der Waals surface area contributed by atoms with Crippen molar-refractivity contribution in [3.8, 4) is 5.75 Å². The molecule has 30 heavy (non-hydrogen) atoms. The Kier molecular flexibility index (Phi) is 6.04. The van der Waals surface area contributed by atoms with Gasteiger partial charge in [-0.25, -0.2) is 0 Å². The molecule has 0 saturated carbocycles. The number of ketones is 2. The van der Waals surface area contributed by atoms with Crippen LogP contribution in [0, 0.1) is 0 Å². The van der Waals surface area contributed by atoms with Crippen LogP contribution in [0.25, 0.3) is 6.08 Å². The lowest BCUT2D eigenvalue weighted by molar-refractivity contribution is -0.117. The Bertz CT molecular complexity index is 992. The third kappa shape index (κ3) is 4.48. The summed E-state index contributed by atoms with van der Waals surface area (Å²) in [6.07, 6.45) is 4.85. The fourth-order valence-corrected chi connectivity index (χ4v) is 4.32. The second-order valence-electron chi connectivity index (χ2n) is 7.97. The van der Waals surface area contributed by atoms with Gasteiger partial charge in [-0.3, -0.25) is 14.5 Å². The monoisotopic (exact) mass is 425 g/mol. The molecule has 2 aliphatic heterocycles. The Labute approximate surface area is 180 Å². The summed E-state index contributed by atoms with van der Waals surface area (Å²) in [6.45, 7) is 1.96. The van der Waals surface area contributed by atoms with Crippen molar-refractivity contribution in [3.63, 3.8) is 0 Å². The molecule has 6 heteroatoms. The molecule has 0 radical (unpaired) electrons. The van der Waals surface area contributed by atoms with Gasteiger partial charge in [-0.1, -0.05) is 41.9 Å². The number of rotatable bonds is 5. The van der Waals surface area contributed by atoms with Crippen LogP contribution in [0.2, 0.25) is 5.02 Å². The lowest BCUT2D eigenvalue weighted by Gasteiger charge is -2.44. The molecular formula is C24H24ClNO4. The number of piperidine rings is 1. The van der Waals surface area contributed by atoms with Gasteiger partial charge in [0.25, 0.3) is 0 Å². The number of Topliss-reactive ketones (excluding diaryl/α,β-unsaturated/α-hetero) is 1. The van der Waals surface area contributed by atoms with Crippen LogP contribution in [0.15, 0.2) is 48.5 Å². The maximum atomic E-state index is 12.9. The minimum absolute atomic E-state index is 0.0690. The number of fused-ring (bicyclic) bond motifs is 1. The van der Waals surface area contributed by atoms with Crippen LogP contribution in [-0.2, 0) is 11.3 Å². The van der Waals surface area contributed by atoms with E-state index in [4.69, 9.17) is 21.4 Å². The van der Waals surface area contributed by atoms with Crippen LogP contribution in [0.4, 0.5) is 0 Å². The summed E-state index contributed by atoms with van der Waals surface area (Å²) in [7, 11) is 0. The van der Waals surface area contributed by atoms with Crippen molar-refractivity contribution in [2.45, 2.75) is 31.4 Å². The molecule has 1 saturated heterocycles. The summed E-state index contributed by atoms with van der Waals surface area (Å²) >= 11 is 6.29. The first kappa shape index (κ1) is 20.8. The topological polar surface area (TPSA) is 66.8 Å². The quantitative estimate of drug-likeness (QED) is 0.735. The normalized spacial score (nSPS) is 18.4. The molecule has 5 nitrogen and oxygen atoms in total. The molecule has 0 unspecified atom stereocenters. The predicted octanol–water partition coefficient (Wildman–Crippen LogP) is 3.91. The molecule has 0 aromatic heterocycles. The summed E-state index contributed by atoms with van der Waals surface area (Å²) < 4.78 is 6.35. The number of hydrogen-bond acceptors (Lipinski definition) is 5. The largest absolute Gasteiger partial charge is 0.486 e. The summed E-state index contributed by atoms with van der Waals surface area (Å²) in [5, 5.41) is 9.60. The second-order valence-corrected chi connectivity index (χ2v) is 8.37. The van der Waals surface area contributed by atoms with E-state index in [0.29, 0.717) is 17.7 Å². The van der Waals surface area contributed by atoms with Gasteiger partial charge in [0.15, 0.2) is 11.6 Å². The van der Waals surface area contributed by atoms with Gasteiger partial charge in [-0.15, -0.1) is 0 Å². The number of hydrogen-bond donors (Lipinski definition) is 1. The minimum atomic E-state index is -0.528. The van der Waals surface area contributed by atoms with Gasteiger partial charge in [0, 0.05) is 37.5 Å². The van der Waals surface area contributed by atoms with Crippen LogP contribution in [0.1, 0.15) is 40.7 Å². The number of benzene rings is 2. The van der Waals surface area contributed by atoms with Crippen molar-refractivity contribution in [1.29, 1.82) is 0 Å². The van der Waals surface area contributed by atoms with Gasteiger partial charge in [0.05, 0.1) is 12.0 Å². The Morgan fingerprint density at radius 1 is 1.20 bits per heavy atom. The van der Waals surface area contributed by atoms with Crippen LogP contribution in [0.3, 0.4) is 0 Å². The maximum absolute atomic E-state index is 12.9. The lowest BCUT2D eigenvalue weighted by Crippen LogP contribution is -2.50. The predicted molar refractivity (Wildman–Crippen MR) is 116 cm³/mol. The minimum Gasteiger partial charge on any atom is -0.486 e. The van der Waals surface area contributed by atoms with Crippen LogP contribution in [0.5, 0.6) is 5.75 Å². The number of aliphatic hydroxyl groups is 1. The molecule has 4 rings (SSSR count). The second kappa shape index (κ2) is 8.72. The smallest absolute Gasteiger partial charge is 0.181 e. The number of halogens is 1. The molecule has 1 N–H and O–H groups in total. The first-order chi connectivity index (χ1) is 14.5. The van der Waals surface area contributed by atoms with Crippen LogP contribution in [-0.4, -0.2) is 46.9 Å². The van der Waals surface area contributed by atoms with E-state index in [-0.39, 0.29) is 11.6 Å². The van der Waals surface area contributed by atoms with Gasteiger partial charge < -0.3 is 9.84 Å². The van der Waals surface area contributed by atoms with Gasteiger partial charge in [-0.05, 0) is 35.4 Å². The highest BCUT2D eigenvalue weighted by molar-refractivity contribution is 6.31.